The fraction of sp³-hybridized carbons (Fsp3) is 0.500. The number of hydrazine groups is 1. The van der Waals surface area contributed by atoms with Gasteiger partial charge >= 0.3 is 0 Å². The molecule has 0 aliphatic rings. The van der Waals surface area contributed by atoms with Gasteiger partial charge in [0.25, 0.3) is 0 Å². The molecule has 1 rings (SSSR count). The van der Waals surface area contributed by atoms with E-state index in [4.69, 9.17) is 15.7 Å². The highest BCUT2D eigenvalue weighted by Gasteiger charge is 2.10. The molecule has 0 bridgehead atoms. The van der Waals surface area contributed by atoms with Crippen molar-refractivity contribution in [3.05, 3.63) is 17.7 Å². The highest BCUT2D eigenvalue weighted by molar-refractivity contribution is 5.46. The van der Waals surface area contributed by atoms with E-state index in [9.17, 15) is 8.78 Å². The summed E-state index contributed by atoms with van der Waals surface area (Å²) in [7, 11) is 0. The van der Waals surface area contributed by atoms with Gasteiger partial charge in [0, 0.05) is 19.2 Å². The minimum absolute atomic E-state index is 0.0346. The van der Waals surface area contributed by atoms with Crippen molar-refractivity contribution < 1.29 is 18.6 Å². The van der Waals surface area contributed by atoms with Gasteiger partial charge in [-0.3, -0.25) is 0 Å². The molecule has 0 saturated heterocycles. The van der Waals surface area contributed by atoms with Crippen LogP contribution < -0.4 is 16.6 Å². The number of ether oxygens (including phenoxy) is 1. The summed E-state index contributed by atoms with van der Waals surface area (Å²) in [5, 5.41) is 11.2. The van der Waals surface area contributed by atoms with Gasteiger partial charge in [0.1, 0.15) is 0 Å². The standard InChI is InChI=1S/C10H16F2N4O2/c11-7-6-8(12)10(16-13)15-9(7)14-2-1-4-18-5-3-17/h6,17H,1-5,13H2,(H2,14,15,16). The van der Waals surface area contributed by atoms with E-state index in [1.807, 2.05) is 5.43 Å². The fourth-order valence-electron chi connectivity index (χ4n) is 1.24. The molecule has 1 heterocycles. The SMILES string of the molecule is NNc1nc(NCCCOCCO)c(F)cc1F. The number of nitrogens with two attached hydrogens (primary N) is 1. The summed E-state index contributed by atoms with van der Waals surface area (Å²) >= 11 is 0. The average Bonchev–Trinajstić information content (AvgIpc) is 2.36. The molecule has 0 radical (unpaired) electrons. The monoisotopic (exact) mass is 262 g/mol. The second kappa shape index (κ2) is 7.75. The number of pyridine rings is 1. The van der Waals surface area contributed by atoms with Crippen LogP contribution in [0.25, 0.3) is 0 Å². The number of halogens is 2. The van der Waals surface area contributed by atoms with E-state index in [2.05, 4.69) is 10.3 Å². The molecular formula is C10H16F2N4O2. The summed E-state index contributed by atoms with van der Waals surface area (Å²) in [5.74, 6) is 3.09. The normalized spacial score (nSPS) is 10.4. The number of hydrogen-bond donors (Lipinski definition) is 4. The van der Waals surface area contributed by atoms with Crippen molar-refractivity contribution in [3.63, 3.8) is 0 Å². The summed E-state index contributed by atoms with van der Waals surface area (Å²) < 4.78 is 31.4. The Labute approximate surface area is 103 Å². The van der Waals surface area contributed by atoms with Gasteiger partial charge in [-0.15, -0.1) is 0 Å². The third-order valence-corrected chi connectivity index (χ3v) is 2.06. The van der Waals surface area contributed by atoms with Crippen molar-refractivity contribution in [2.75, 3.05) is 37.1 Å². The topological polar surface area (TPSA) is 92.4 Å². The van der Waals surface area contributed by atoms with E-state index in [1.54, 1.807) is 0 Å². The number of aliphatic hydroxyl groups is 1. The Hall–Kier alpha value is -1.51. The molecule has 8 heteroatoms. The Bertz CT molecular complexity index is 379. The number of nitrogen functional groups attached to an aromatic ring is 1. The van der Waals surface area contributed by atoms with Crippen molar-refractivity contribution in [1.29, 1.82) is 0 Å². The van der Waals surface area contributed by atoms with Crippen LogP contribution in [0.3, 0.4) is 0 Å². The van der Waals surface area contributed by atoms with Crippen molar-refractivity contribution >= 4 is 11.6 Å². The first-order valence-corrected chi connectivity index (χ1v) is 5.44. The molecule has 102 valence electrons. The molecular weight excluding hydrogens is 246 g/mol. The van der Waals surface area contributed by atoms with Crippen molar-refractivity contribution in [3.8, 4) is 0 Å². The zero-order valence-corrected chi connectivity index (χ0v) is 9.75. The number of aromatic nitrogens is 1. The molecule has 18 heavy (non-hydrogen) atoms. The third-order valence-electron chi connectivity index (χ3n) is 2.06. The minimum Gasteiger partial charge on any atom is -0.394 e. The molecule has 0 aliphatic carbocycles. The van der Waals surface area contributed by atoms with Crippen molar-refractivity contribution in [1.82, 2.24) is 4.98 Å². The third kappa shape index (κ3) is 4.40. The zero-order chi connectivity index (χ0) is 13.4. The smallest absolute Gasteiger partial charge is 0.178 e. The van der Waals surface area contributed by atoms with Crippen LogP contribution in [0.5, 0.6) is 0 Å². The maximum Gasteiger partial charge on any atom is 0.178 e. The van der Waals surface area contributed by atoms with Crippen molar-refractivity contribution in [2.24, 2.45) is 5.84 Å². The summed E-state index contributed by atoms with van der Waals surface area (Å²) in [6.07, 6.45) is 0.601. The van der Waals surface area contributed by atoms with Crippen molar-refractivity contribution in [2.45, 2.75) is 6.42 Å². The van der Waals surface area contributed by atoms with Gasteiger partial charge in [-0.05, 0) is 6.42 Å². The quantitative estimate of drug-likeness (QED) is 0.309. The Morgan fingerprint density at radius 1 is 1.28 bits per heavy atom. The molecule has 6 nitrogen and oxygen atoms in total. The van der Waals surface area contributed by atoms with E-state index in [1.165, 1.54) is 0 Å². The fourth-order valence-corrected chi connectivity index (χ4v) is 1.24. The first kappa shape index (κ1) is 14.6. The summed E-state index contributed by atoms with van der Waals surface area (Å²) in [5.41, 5.74) is 2.04. The molecule has 5 N–H and O–H groups in total. The van der Waals surface area contributed by atoms with Crippen LogP contribution in [0.1, 0.15) is 6.42 Å². The Morgan fingerprint density at radius 2 is 2.00 bits per heavy atom. The maximum atomic E-state index is 13.3. The largest absolute Gasteiger partial charge is 0.394 e. The van der Waals surface area contributed by atoms with Crippen LogP contribution in [0.15, 0.2) is 6.07 Å². The molecule has 0 atom stereocenters. The van der Waals surface area contributed by atoms with Crippen LogP contribution in [-0.4, -0.2) is 36.5 Å². The highest BCUT2D eigenvalue weighted by Crippen LogP contribution is 2.17. The van der Waals surface area contributed by atoms with E-state index in [0.29, 0.717) is 25.6 Å². The number of aliphatic hydroxyl groups excluding tert-OH is 1. The lowest BCUT2D eigenvalue weighted by Crippen LogP contribution is -2.14. The number of nitrogens with one attached hydrogen (secondary N) is 2. The second-order valence-electron chi connectivity index (χ2n) is 3.41. The molecule has 0 amide bonds. The lowest BCUT2D eigenvalue weighted by molar-refractivity contribution is 0.0921. The molecule has 0 unspecified atom stereocenters. The van der Waals surface area contributed by atoms with Crippen LogP contribution in [-0.2, 0) is 4.74 Å². The minimum atomic E-state index is -0.855. The van der Waals surface area contributed by atoms with Gasteiger partial charge in [0.05, 0.1) is 13.2 Å². The zero-order valence-electron chi connectivity index (χ0n) is 9.75. The van der Waals surface area contributed by atoms with Crippen LogP contribution in [0.2, 0.25) is 0 Å². The van der Waals surface area contributed by atoms with Gasteiger partial charge in [-0.2, -0.15) is 0 Å². The first-order valence-electron chi connectivity index (χ1n) is 5.44. The Kier molecular flexibility index (Phi) is 6.26. The van der Waals surface area contributed by atoms with Gasteiger partial charge in [-0.1, -0.05) is 0 Å². The van der Waals surface area contributed by atoms with Crippen LogP contribution in [0, 0.1) is 11.6 Å². The average molecular weight is 262 g/mol. The van der Waals surface area contributed by atoms with Crippen LogP contribution >= 0.6 is 0 Å². The van der Waals surface area contributed by atoms with Gasteiger partial charge < -0.3 is 20.6 Å². The summed E-state index contributed by atoms with van der Waals surface area (Å²) in [6.45, 7) is 1.07. The second-order valence-corrected chi connectivity index (χ2v) is 3.41. The molecule has 0 aliphatic heterocycles. The van der Waals surface area contributed by atoms with Gasteiger partial charge in [0.2, 0.25) is 0 Å². The molecule has 1 aromatic heterocycles. The number of hydrogen-bond acceptors (Lipinski definition) is 6. The van der Waals surface area contributed by atoms with E-state index in [-0.39, 0.29) is 24.8 Å². The molecule has 0 fully saturated rings. The maximum absolute atomic E-state index is 13.3. The summed E-state index contributed by atoms with van der Waals surface area (Å²) in [6, 6.07) is 0.701. The van der Waals surface area contributed by atoms with Gasteiger partial charge in [-0.25, -0.2) is 19.6 Å². The van der Waals surface area contributed by atoms with E-state index in [0.717, 1.165) is 0 Å². The molecule has 0 saturated carbocycles. The summed E-state index contributed by atoms with van der Waals surface area (Å²) in [4.78, 5) is 3.65. The lowest BCUT2D eigenvalue weighted by Gasteiger charge is -2.09. The van der Waals surface area contributed by atoms with Crippen LogP contribution in [0.4, 0.5) is 20.4 Å². The van der Waals surface area contributed by atoms with E-state index >= 15 is 0 Å². The first-order chi connectivity index (χ1) is 8.69. The number of rotatable bonds is 8. The highest BCUT2D eigenvalue weighted by atomic mass is 19.1. The predicted octanol–water partition coefficient (Wildman–Crippen LogP) is 0.456. The number of anilines is 2. The molecule has 0 aromatic carbocycles. The van der Waals surface area contributed by atoms with Gasteiger partial charge in [0.15, 0.2) is 23.3 Å². The Morgan fingerprint density at radius 3 is 2.67 bits per heavy atom. The number of nitrogens with zero attached hydrogens (tertiary/aromatic N) is 1. The van der Waals surface area contributed by atoms with E-state index < -0.39 is 11.6 Å². The lowest BCUT2D eigenvalue weighted by atomic mass is 10.4. The Balaban J connectivity index is 2.42. The molecule has 1 aromatic rings. The predicted molar refractivity (Wildman–Crippen MR) is 63.0 cm³/mol. The molecule has 0 spiro atoms.